The Morgan fingerprint density at radius 3 is 2.08 bits per heavy atom. The van der Waals surface area contributed by atoms with E-state index in [1.807, 2.05) is 24.5 Å². The predicted molar refractivity (Wildman–Crippen MR) is 147 cm³/mol. The van der Waals surface area contributed by atoms with Crippen molar-refractivity contribution in [2.45, 2.75) is 77.6 Å². The van der Waals surface area contributed by atoms with Gasteiger partial charge in [-0.05, 0) is 86.2 Å². The summed E-state index contributed by atoms with van der Waals surface area (Å²) in [5.41, 5.74) is 2.51. The van der Waals surface area contributed by atoms with E-state index < -0.39 is 5.97 Å². The summed E-state index contributed by atoms with van der Waals surface area (Å²) in [7, 11) is 0. The summed E-state index contributed by atoms with van der Waals surface area (Å²) in [5.74, 6) is 1.44. The van der Waals surface area contributed by atoms with Gasteiger partial charge in [-0.2, -0.15) is 0 Å². The molecule has 0 saturated heterocycles. The van der Waals surface area contributed by atoms with Gasteiger partial charge in [0.1, 0.15) is 11.5 Å². The molecule has 3 rings (SSSR count). The van der Waals surface area contributed by atoms with Crippen LogP contribution < -0.4 is 9.47 Å². The van der Waals surface area contributed by atoms with Crippen LogP contribution in [0, 0.1) is 0 Å². The fourth-order valence-electron chi connectivity index (χ4n) is 4.03. The molecule has 0 aliphatic rings. The van der Waals surface area contributed by atoms with Crippen LogP contribution in [0.15, 0.2) is 60.9 Å². The second-order valence-electron chi connectivity index (χ2n) is 9.36. The van der Waals surface area contributed by atoms with Crippen LogP contribution in [0.4, 0.5) is 0 Å². The highest BCUT2D eigenvalue weighted by Crippen LogP contribution is 2.21. The van der Waals surface area contributed by atoms with Crippen molar-refractivity contribution >= 4 is 5.97 Å². The Labute approximate surface area is 221 Å². The highest BCUT2D eigenvalue weighted by molar-refractivity contribution is 5.91. The first kappa shape index (κ1) is 28.3. The van der Waals surface area contributed by atoms with Gasteiger partial charge in [-0.15, -0.1) is 0 Å². The minimum absolute atomic E-state index is 0.240. The number of aromatic nitrogens is 2. The van der Waals surface area contributed by atoms with Crippen LogP contribution in [0.5, 0.6) is 11.5 Å². The molecule has 2 aromatic carbocycles. The Morgan fingerprint density at radius 2 is 1.38 bits per heavy atom. The van der Waals surface area contributed by atoms with Crippen molar-refractivity contribution in [3.8, 4) is 22.9 Å². The average molecular weight is 505 g/mol. The minimum Gasteiger partial charge on any atom is -0.494 e. The molecule has 0 fully saturated rings. The number of carbonyl (C=O) groups excluding carboxylic acids is 1. The maximum absolute atomic E-state index is 12.5. The number of aryl methyl sites for hydroxylation is 1. The van der Waals surface area contributed by atoms with Crippen molar-refractivity contribution in [1.82, 2.24) is 9.97 Å². The molecular formula is C31H40N2O4. The van der Waals surface area contributed by atoms with E-state index in [1.54, 1.807) is 36.4 Å². The minimum atomic E-state index is -0.418. The van der Waals surface area contributed by atoms with Gasteiger partial charge in [0, 0.05) is 24.6 Å². The van der Waals surface area contributed by atoms with Gasteiger partial charge in [0.25, 0.3) is 0 Å². The van der Waals surface area contributed by atoms with E-state index >= 15 is 0 Å². The second-order valence-corrected chi connectivity index (χ2v) is 9.36. The van der Waals surface area contributed by atoms with Crippen LogP contribution in [-0.4, -0.2) is 34.3 Å². The number of aliphatic hydroxyl groups excluding tert-OH is 1. The molecule has 1 aromatic heterocycles. The molecule has 0 aliphatic carbocycles. The van der Waals surface area contributed by atoms with Gasteiger partial charge in [0.2, 0.25) is 0 Å². The number of esters is 1. The van der Waals surface area contributed by atoms with Crippen LogP contribution in [0.3, 0.4) is 0 Å². The molecule has 0 radical (unpaired) electrons. The molecule has 0 bridgehead atoms. The van der Waals surface area contributed by atoms with Crippen molar-refractivity contribution in [2.24, 2.45) is 0 Å². The summed E-state index contributed by atoms with van der Waals surface area (Å²) in [6, 6.07) is 14.2. The van der Waals surface area contributed by atoms with E-state index in [2.05, 4.69) is 16.9 Å². The molecule has 6 nitrogen and oxygen atoms in total. The van der Waals surface area contributed by atoms with Gasteiger partial charge >= 0.3 is 5.97 Å². The zero-order valence-corrected chi connectivity index (χ0v) is 22.0. The third-order valence-corrected chi connectivity index (χ3v) is 6.26. The molecule has 37 heavy (non-hydrogen) atoms. The topological polar surface area (TPSA) is 81.5 Å². The first-order chi connectivity index (χ1) is 18.2. The molecule has 3 aromatic rings. The summed E-state index contributed by atoms with van der Waals surface area (Å²) in [5, 5.41) is 8.80. The molecule has 0 amide bonds. The molecule has 0 unspecified atom stereocenters. The van der Waals surface area contributed by atoms with Gasteiger partial charge in [0.15, 0.2) is 5.82 Å². The zero-order chi connectivity index (χ0) is 26.1. The quantitative estimate of drug-likeness (QED) is 0.119. The van der Waals surface area contributed by atoms with Crippen molar-refractivity contribution in [3.05, 3.63) is 72.1 Å². The zero-order valence-electron chi connectivity index (χ0n) is 22.0. The lowest BCUT2D eigenvalue weighted by Gasteiger charge is -2.08. The third-order valence-electron chi connectivity index (χ3n) is 6.26. The molecule has 6 heteroatoms. The Balaban J connectivity index is 1.43. The van der Waals surface area contributed by atoms with Crippen LogP contribution in [0.2, 0.25) is 0 Å². The van der Waals surface area contributed by atoms with Gasteiger partial charge < -0.3 is 14.6 Å². The summed E-state index contributed by atoms with van der Waals surface area (Å²) in [6.07, 6.45) is 16.3. The first-order valence-corrected chi connectivity index (χ1v) is 13.7. The number of nitrogens with zero attached hydrogens (tertiary/aromatic N) is 2. The first-order valence-electron chi connectivity index (χ1n) is 13.7. The summed E-state index contributed by atoms with van der Waals surface area (Å²) in [6.45, 7) is 3.10. The van der Waals surface area contributed by atoms with E-state index in [0.717, 1.165) is 43.4 Å². The lowest BCUT2D eigenvalue weighted by atomic mass is 10.1. The second kappa shape index (κ2) is 16.5. The molecule has 0 saturated carbocycles. The van der Waals surface area contributed by atoms with Crippen molar-refractivity contribution in [3.63, 3.8) is 0 Å². The van der Waals surface area contributed by atoms with Crippen molar-refractivity contribution < 1.29 is 19.4 Å². The van der Waals surface area contributed by atoms with Crippen LogP contribution in [0.25, 0.3) is 11.4 Å². The molecular weight excluding hydrogens is 464 g/mol. The van der Waals surface area contributed by atoms with Crippen LogP contribution in [-0.2, 0) is 6.42 Å². The maximum Gasteiger partial charge on any atom is 0.343 e. The number of rotatable bonds is 17. The number of benzene rings is 2. The molecule has 0 atom stereocenters. The number of unbranched alkanes of at least 4 members (excludes halogenated alkanes) is 8. The fourth-order valence-corrected chi connectivity index (χ4v) is 4.03. The van der Waals surface area contributed by atoms with Gasteiger partial charge in [-0.25, -0.2) is 14.8 Å². The average Bonchev–Trinajstić information content (AvgIpc) is 2.94. The lowest BCUT2D eigenvalue weighted by molar-refractivity contribution is 0.0734. The summed E-state index contributed by atoms with van der Waals surface area (Å²) < 4.78 is 11.2. The number of hydrogen-bond acceptors (Lipinski definition) is 6. The fraction of sp³-hybridized carbons (Fsp3) is 0.452. The number of hydrogen-bond donors (Lipinski definition) is 1. The predicted octanol–water partition coefficient (Wildman–Crippen LogP) is 7.20. The van der Waals surface area contributed by atoms with Crippen molar-refractivity contribution in [1.29, 1.82) is 0 Å². The number of ether oxygens (including phenoxy) is 2. The Hall–Kier alpha value is -3.25. The monoisotopic (exact) mass is 504 g/mol. The third kappa shape index (κ3) is 10.3. The molecule has 1 N–H and O–H groups in total. The summed E-state index contributed by atoms with van der Waals surface area (Å²) >= 11 is 0. The lowest BCUT2D eigenvalue weighted by Crippen LogP contribution is -2.08. The van der Waals surface area contributed by atoms with Crippen LogP contribution in [0.1, 0.15) is 87.1 Å². The largest absolute Gasteiger partial charge is 0.494 e. The number of aliphatic hydroxyl groups is 1. The van der Waals surface area contributed by atoms with Gasteiger partial charge in [0.05, 0.1) is 12.2 Å². The van der Waals surface area contributed by atoms with E-state index in [-0.39, 0.29) is 6.61 Å². The van der Waals surface area contributed by atoms with E-state index in [1.165, 1.54) is 44.1 Å². The van der Waals surface area contributed by atoms with E-state index in [0.29, 0.717) is 23.7 Å². The normalized spacial score (nSPS) is 10.9. The molecule has 0 spiro atoms. The van der Waals surface area contributed by atoms with Crippen molar-refractivity contribution in [2.75, 3.05) is 13.2 Å². The highest BCUT2D eigenvalue weighted by Gasteiger charge is 2.10. The smallest absolute Gasteiger partial charge is 0.343 e. The standard InChI is InChI=1S/C31H40N2O4/c1-2-3-4-5-6-9-12-25-23-32-30(33-24-25)26-13-19-29(20-14-26)37-31(35)27-15-17-28(18-16-27)36-22-11-8-7-10-21-34/h13-20,23-24,34H,2-12,21-22H2,1H3. The van der Waals surface area contributed by atoms with Gasteiger partial charge in [-0.1, -0.05) is 45.4 Å². The maximum atomic E-state index is 12.5. The Morgan fingerprint density at radius 1 is 0.757 bits per heavy atom. The number of carbonyl (C=O) groups is 1. The van der Waals surface area contributed by atoms with E-state index in [9.17, 15) is 4.79 Å². The molecule has 0 aliphatic heterocycles. The van der Waals surface area contributed by atoms with E-state index in [4.69, 9.17) is 14.6 Å². The van der Waals surface area contributed by atoms with Crippen LogP contribution >= 0.6 is 0 Å². The summed E-state index contributed by atoms with van der Waals surface area (Å²) in [4.78, 5) is 21.6. The van der Waals surface area contributed by atoms with Gasteiger partial charge in [-0.3, -0.25) is 0 Å². The highest BCUT2D eigenvalue weighted by atomic mass is 16.5. The Kier molecular flexibility index (Phi) is 12.6. The SMILES string of the molecule is CCCCCCCCc1cnc(-c2ccc(OC(=O)c3ccc(OCCCCCCO)cc3)cc2)nc1. The Bertz CT molecular complexity index is 1030. The molecule has 1 heterocycles. The molecule has 198 valence electrons.